The molecule has 0 bridgehead atoms. The Morgan fingerprint density at radius 2 is 2.06 bits per heavy atom. The smallest absolute Gasteiger partial charge is 0.157 e. The van der Waals surface area contributed by atoms with Crippen LogP contribution >= 0.6 is 11.6 Å². The fourth-order valence-corrected chi connectivity index (χ4v) is 5.15. The number of hydrogen-bond acceptors (Lipinski definition) is 6. The van der Waals surface area contributed by atoms with Crippen molar-refractivity contribution in [3.05, 3.63) is 57.7 Å². The average molecular weight is 463 g/mol. The highest BCUT2D eigenvalue weighted by Gasteiger charge is 2.24. The second-order valence-electron chi connectivity index (χ2n) is 9.14. The van der Waals surface area contributed by atoms with Crippen LogP contribution in [-0.2, 0) is 0 Å². The van der Waals surface area contributed by atoms with Crippen LogP contribution in [0.25, 0.3) is 10.8 Å². The number of nitriles is 1. The summed E-state index contributed by atoms with van der Waals surface area (Å²) >= 11 is 6.75. The van der Waals surface area contributed by atoms with Gasteiger partial charge in [0.15, 0.2) is 5.82 Å². The Bertz CT molecular complexity index is 1220. The molecule has 0 aliphatic carbocycles. The summed E-state index contributed by atoms with van der Waals surface area (Å²) in [7, 11) is 4.30. The van der Waals surface area contributed by atoms with Gasteiger partial charge >= 0.3 is 0 Å². The molecular formula is C26H31ClN6. The molecule has 0 unspecified atom stereocenters. The minimum atomic E-state index is -0.0393. The number of anilines is 2. The molecule has 0 amide bonds. The van der Waals surface area contributed by atoms with Crippen molar-refractivity contribution in [3.8, 4) is 6.07 Å². The number of aryl methyl sites for hydroxylation is 1. The van der Waals surface area contributed by atoms with Gasteiger partial charge in [-0.1, -0.05) is 23.7 Å². The van der Waals surface area contributed by atoms with E-state index in [0.29, 0.717) is 17.4 Å². The molecule has 1 saturated heterocycles. The summed E-state index contributed by atoms with van der Waals surface area (Å²) in [6, 6.07) is 12.7. The van der Waals surface area contributed by atoms with Gasteiger partial charge in [-0.15, -0.1) is 5.10 Å². The molecule has 172 valence electrons. The van der Waals surface area contributed by atoms with Crippen molar-refractivity contribution in [1.82, 2.24) is 15.1 Å². The van der Waals surface area contributed by atoms with Crippen molar-refractivity contribution in [3.63, 3.8) is 0 Å². The van der Waals surface area contributed by atoms with Gasteiger partial charge in [0.25, 0.3) is 0 Å². The van der Waals surface area contributed by atoms with Crippen LogP contribution in [0.4, 0.5) is 11.5 Å². The fraction of sp³-hybridized carbons (Fsp3) is 0.423. The van der Waals surface area contributed by atoms with Gasteiger partial charge in [-0.05, 0) is 76.5 Å². The van der Waals surface area contributed by atoms with E-state index in [0.717, 1.165) is 51.4 Å². The lowest BCUT2D eigenvalue weighted by atomic mass is 9.98. The number of likely N-dealkylation sites (N-methyl/N-ethyl adjacent to an activating group) is 2. The molecule has 0 spiro atoms. The quantitative estimate of drug-likeness (QED) is 0.523. The van der Waals surface area contributed by atoms with E-state index in [9.17, 15) is 5.26 Å². The highest BCUT2D eigenvalue weighted by atomic mass is 35.5. The summed E-state index contributed by atoms with van der Waals surface area (Å²) in [6.45, 7) is 8.10. The first-order valence-electron chi connectivity index (χ1n) is 11.4. The van der Waals surface area contributed by atoms with Crippen LogP contribution in [0.15, 0.2) is 30.3 Å². The van der Waals surface area contributed by atoms with Gasteiger partial charge in [0, 0.05) is 30.4 Å². The van der Waals surface area contributed by atoms with E-state index >= 15 is 0 Å². The van der Waals surface area contributed by atoms with Gasteiger partial charge in [0.1, 0.15) is 0 Å². The third kappa shape index (κ3) is 4.62. The van der Waals surface area contributed by atoms with E-state index in [1.165, 1.54) is 12.8 Å². The van der Waals surface area contributed by atoms with Crippen LogP contribution in [0.2, 0.25) is 5.02 Å². The van der Waals surface area contributed by atoms with E-state index in [2.05, 4.69) is 58.5 Å². The second kappa shape index (κ2) is 9.54. The van der Waals surface area contributed by atoms with Crippen LogP contribution in [0.3, 0.4) is 0 Å². The Morgan fingerprint density at radius 1 is 1.27 bits per heavy atom. The predicted molar refractivity (Wildman–Crippen MR) is 136 cm³/mol. The maximum atomic E-state index is 9.40. The highest BCUT2D eigenvalue weighted by molar-refractivity contribution is 6.34. The molecule has 7 heteroatoms. The Balaban J connectivity index is 1.69. The van der Waals surface area contributed by atoms with Gasteiger partial charge < -0.3 is 15.1 Å². The zero-order valence-electron chi connectivity index (χ0n) is 20.0. The highest BCUT2D eigenvalue weighted by Crippen LogP contribution is 2.36. The summed E-state index contributed by atoms with van der Waals surface area (Å²) in [5.74, 6) is 0.717. The first-order chi connectivity index (χ1) is 15.8. The maximum Gasteiger partial charge on any atom is 0.157 e. The molecule has 2 aromatic carbocycles. The molecule has 2 heterocycles. The molecule has 1 fully saturated rings. The number of nitrogens with zero attached hydrogens (tertiary/aromatic N) is 5. The van der Waals surface area contributed by atoms with Crippen molar-refractivity contribution in [2.24, 2.45) is 0 Å². The van der Waals surface area contributed by atoms with Crippen molar-refractivity contribution >= 4 is 33.9 Å². The molecule has 1 N–H and O–H groups in total. The number of likely N-dealkylation sites (tertiary alicyclic amines) is 1. The normalized spacial score (nSPS) is 17.2. The molecule has 1 aliphatic heterocycles. The molecule has 1 aliphatic rings. The number of aromatic nitrogens is 2. The Morgan fingerprint density at radius 3 is 2.76 bits per heavy atom. The molecule has 0 radical (unpaired) electrons. The molecule has 33 heavy (non-hydrogen) atoms. The van der Waals surface area contributed by atoms with Gasteiger partial charge in [-0.2, -0.15) is 10.4 Å². The van der Waals surface area contributed by atoms with E-state index in [1.807, 2.05) is 38.1 Å². The second-order valence-corrected chi connectivity index (χ2v) is 9.55. The lowest BCUT2D eigenvalue weighted by Crippen LogP contribution is -2.36. The van der Waals surface area contributed by atoms with Crippen molar-refractivity contribution < 1.29 is 0 Å². The van der Waals surface area contributed by atoms with Crippen molar-refractivity contribution in [1.29, 1.82) is 5.26 Å². The summed E-state index contributed by atoms with van der Waals surface area (Å²) in [5, 5.41) is 24.5. The van der Waals surface area contributed by atoms with Crippen LogP contribution in [0.1, 0.15) is 48.2 Å². The van der Waals surface area contributed by atoms with Crippen LogP contribution < -0.4 is 10.2 Å². The van der Waals surface area contributed by atoms with Gasteiger partial charge in [-0.25, -0.2) is 0 Å². The van der Waals surface area contributed by atoms with Crippen molar-refractivity contribution in [2.75, 3.05) is 37.4 Å². The predicted octanol–water partition coefficient (Wildman–Crippen LogP) is 5.48. The molecule has 4 rings (SSSR count). The lowest BCUT2D eigenvalue weighted by molar-refractivity contribution is 0.314. The van der Waals surface area contributed by atoms with Crippen LogP contribution in [0, 0.1) is 25.2 Å². The fourth-order valence-electron chi connectivity index (χ4n) is 4.84. The number of rotatable bonds is 6. The summed E-state index contributed by atoms with van der Waals surface area (Å²) in [4.78, 5) is 4.67. The standard InChI is InChI=1S/C26H31ClN6/c1-16-19(14-28)8-6-10-21(16)17(2)29-26-23-13-25(24(27)12-22(23)18(3)30-31-26)33(5)15-20-9-7-11-32(20)4/h6,8,10,12-13,17,20H,7,9,11,15H2,1-5H3,(H,29,31)/t17-,20-/m1/s1. The molecule has 3 aromatic rings. The SMILES string of the molecule is Cc1c(C#N)cccc1[C@@H](C)Nc1nnc(C)c2cc(Cl)c(N(C)C[C@H]3CCCN3C)cc12. The van der Waals surface area contributed by atoms with Gasteiger partial charge in [0.2, 0.25) is 0 Å². The molecule has 2 atom stereocenters. The monoisotopic (exact) mass is 462 g/mol. The third-order valence-corrected chi connectivity index (χ3v) is 7.22. The third-order valence-electron chi connectivity index (χ3n) is 6.92. The van der Waals surface area contributed by atoms with Gasteiger partial charge in [-0.3, -0.25) is 0 Å². The summed E-state index contributed by atoms with van der Waals surface area (Å²) in [6.07, 6.45) is 2.45. The van der Waals surface area contributed by atoms with Crippen LogP contribution in [-0.4, -0.2) is 48.3 Å². The molecule has 1 aromatic heterocycles. The number of nitrogens with one attached hydrogen (secondary N) is 1. The van der Waals surface area contributed by atoms with E-state index in [-0.39, 0.29) is 6.04 Å². The number of fused-ring (bicyclic) bond motifs is 1. The van der Waals surface area contributed by atoms with E-state index < -0.39 is 0 Å². The first-order valence-corrected chi connectivity index (χ1v) is 11.8. The zero-order valence-corrected chi connectivity index (χ0v) is 20.7. The van der Waals surface area contributed by atoms with Crippen LogP contribution in [0.5, 0.6) is 0 Å². The molecule has 6 nitrogen and oxygen atoms in total. The Hall–Kier alpha value is -2.88. The minimum Gasteiger partial charge on any atom is -0.372 e. The summed E-state index contributed by atoms with van der Waals surface area (Å²) in [5.41, 5.74) is 4.58. The maximum absolute atomic E-state index is 9.40. The number of halogens is 1. The van der Waals surface area contributed by atoms with Crippen molar-refractivity contribution in [2.45, 2.75) is 45.7 Å². The molecular weight excluding hydrogens is 432 g/mol. The molecule has 0 saturated carbocycles. The number of hydrogen-bond donors (Lipinski definition) is 1. The lowest BCUT2D eigenvalue weighted by Gasteiger charge is -2.28. The van der Waals surface area contributed by atoms with E-state index in [4.69, 9.17) is 11.6 Å². The summed E-state index contributed by atoms with van der Waals surface area (Å²) < 4.78 is 0. The average Bonchev–Trinajstić information content (AvgIpc) is 3.19. The Kier molecular flexibility index (Phi) is 6.73. The van der Waals surface area contributed by atoms with Gasteiger partial charge in [0.05, 0.1) is 34.1 Å². The van der Waals surface area contributed by atoms with E-state index in [1.54, 1.807) is 0 Å². The Labute approximate surface area is 201 Å². The first kappa shape index (κ1) is 23.3. The largest absolute Gasteiger partial charge is 0.372 e. The topological polar surface area (TPSA) is 68.1 Å². The number of benzene rings is 2. The minimum absolute atomic E-state index is 0.0393. The zero-order chi connectivity index (χ0) is 23.7.